The summed E-state index contributed by atoms with van der Waals surface area (Å²) in [5, 5.41) is -0.262. The van der Waals surface area contributed by atoms with E-state index in [2.05, 4.69) is 20.7 Å². The van der Waals surface area contributed by atoms with Gasteiger partial charge in [0.05, 0.1) is 5.25 Å². The van der Waals surface area contributed by atoms with Crippen molar-refractivity contribution in [2.24, 2.45) is 0 Å². The van der Waals surface area contributed by atoms with Gasteiger partial charge in [-0.1, -0.05) is 19.3 Å². The lowest BCUT2D eigenvalue weighted by atomic mass is 10.0. The summed E-state index contributed by atoms with van der Waals surface area (Å²) in [6.07, 6.45) is 4.64. The van der Waals surface area contributed by atoms with E-state index in [1.807, 2.05) is 0 Å². The van der Waals surface area contributed by atoms with E-state index in [9.17, 15) is 8.42 Å². The maximum atomic E-state index is 12.2. The number of nitrogen functional groups attached to an aromatic ring is 1. The van der Waals surface area contributed by atoms with Crippen LogP contribution in [0.3, 0.4) is 0 Å². The minimum absolute atomic E-state index is 0.262. The fourth-order valence-electron chi connectivity index (χ4n) is 2.21. The average Bonchev–Trinajstić information content (AvgIpc) is 2.35. The number of rotatable bonds is 3. The Morgan fingerprint density at radius 3 is 2.50 bits per heavy atom. The van der Waals surface area contributed by atoms with Crippen LogP contribution in [0.15, 0.2) is 22.7 Å². The van der Waals surface area contributed by atoms with Crippen molar-refractivity contribution in [1.29, 1.82) is 0 Å². The molecule has 1 aliphatic carbocycles. The Morgan fingerprint density at radius 1 is 1.22 bits per heavy atom. The molecule has 4 nitrogen and oxygen atoms in total. The summed E-state index contributed by atoms with van der Waals surface area (Å²) in [4.78, 5) is 0. The molecule has 0 atom stereocenters. The molecule has 1 saturated carbocycles. The Bertz CT molecular complexity index is 525. The maximum Gasteiger partial charge on any atom is 0.235 e. The molecule has 0 aliphatic heterocycles. The molecule has 0 amide bonds. The van der Waals surface area contributed by atoms with Gasteiger partial charge in [-0.3, -0.25) is 4.72 Å². The number of nitrogens with two attached hydrogens (primary N) is 1. The highest BCUT2D eigenvalue weighted by Crippen LogP contribution is 2.27. The van der Waals surface area contributed by atoms with Gasteiger partial charge in [-0.05, 0) is 47.0 Å². The predicted molar refractivity (Wildman–Crippen MR) is 78.0 cm³/mol. The lowest BCUT2D eigenvalue weighted by molar-refractivity contribution is 0.486. The summed E-state index contributed by atoms with van der Waals surface area (Å²) < 4.78 is 27.7. The van der Waals surface area contributed by atoms with E-state index in [-0.39, 0.29) is 5.25 Å². The zero-order valence-electron chi connectivity index (χ0n) is 10.0. The van der Waals surface area contributed by atoms with Gasteiger partial charge < -0.3 is 5.73 Å². The van der Waals surface area contributed by atoms with Crippen LogP contribution in [0.4, 0.5) is 11.4 Å². The van der Waals surface area contributed by atoms with Gasteiger partial charge in [-0.2, -0.15) is 0 Å². The monoisotopic (exact) mass is 332 g/mol. The molecule has 3 N–H and O–H groups in total. The first-order chi connectivity index (χ1) is 8.49. The number of sulfonamides is 1. The van der Waals surface area contributed by atoms with E-state index in [0.29, 0.717) is 15.8 Å². The van der Waals surface area contributed by atoms with Crippen molar-refractivity contribution in [3.63, 3.8) is 0 Å². The summed E-state index contributed by atoms with van der Waals surface area (Å²) in [6, 6.07) is 5.05. The quantitative estimate of drug-likeness (QED) is 0.835. The zero-order chi connectivity index (χ0) is 13.2. The molecule has 0 aromatic heterocycles. The fourth-order valence-corrected chi connectivity index (χ4v) is 4.17. The van der Waals surface area contributed by atoms with E-state index in [0.717, 1.165) is 32.1 Å². The van der Waals surface area contributed by atoms with Gasteiger partial charge in [0.2, 0.25) is 10.0 Å². The molecule has 18 heavy (non-hydrogen) atoms. The van der Waals surface area contributed by atoms with Crippen LogP contribution < -0.4 is 10.5 Å². The van der Waals surface area contributed by atoms with E-state index in [4.69, 9.17) is 5.73 Å². The van der Waals surface area contributed by atoms with Crippen LogP contribution in [0.5, 0.6) is 0 Å². The van der Waals surface area contributed by atoms with Gasteiger partial charge in [0.15, 0.2) is 0 Å². The van der Waals surface area contributed by atoms with Crippen molar-refractivity contribution in [2.45, 2.75) is 37.4 Å². The van der Waals surface area contributed by atoms with Gasteiger partial charge in [0.1, 0.15) is 0 Å². The number of nitrogens with one attached hydrogen (secondary N) is 1. The number of hydrogen-bond acceptors (Lipinski definition) is 3. The normalized spacial score (nSPS) is 17.6. The summed E-state index contributed by atoms with van der Waals surface area (Å²) in [6.45, 7) is 0. The molecule has 0 saturated heterocycles. The average molecular weight is 333 g/mol. The molecule has 0 spiro atoms. The number of hydrogen-bond donors (Lipinski definition) is 2. The molecular formula is C12H17BrN2O2S. The van der Waals surface area contributed by atoms with E-state index in [1.54, 1.807) is 18.2 Å². The molecular weight excluding hydrogens is 316 g/mol. The van der Waals surface area contributed by atoms with Gasteiger partial charge in [-0.15, -0.1) is 0 Å². The van der Waals surface area contributed by atoms with Gasteiger partial charge in [0.25, 0.3) is 0 Å². The van der Waals surface area contributed by atoms with Crippen molar-refractivity contribution >= 4 is 37.3 Å². The fraction of sp³-hybridized carbons (Fsp3) is 0.500. The first-order valence-corrected chi connectivity index (χ1v) is 8.39. The highest BCUT2D eigenvalue weighted by Gasteiger charge is 2.27. The maximum absolute atomic E-state index is 12.2. The first kappa shape index (κ1) is 13.7. The second kappa shape index (κ2) is 5.48. The van der Waals surface area contributed by atoms with Crippen LogP contribution in [0.1, 0.15) is 32.1 Å². The van der Waals surface area contributed by atoms with Crippen LogP contribution >= 0.6 is 15.9 Å². The summed E-state index contributed by atoms with van der Waals surface area (Å²) in [5.41, 5.74) is 6.82. The third kappa shape index (κ3) is 3.17. The minimum atomic E-state index is -3.28. The van der Waals surface area contributed by atoms with Crippen molar-refractivity contribution in [2.75, 3.05) is 10.5 Å². The number of halogens is 1. The molecule has 0 radical (unpaired) electrons. The van der Waals surface area contributed by atoms with Crippen molar-refractivity contribution in [3.05, 3.63) is 22.7 Å². The summed E-state index contributed by atoms with van der Waals surface area (Å²) in [5.74, 6) is 0. The largest absolute Gasteiger partial charge is 0.398 e. The van der Waals surface area contributed by atoms with Crippen molar-refractivity contribution < 1.29 is 8.42 Å². The van der Waals surface area contributed by atoms with Crippen molar-refractivity contribution in [3.8, 4) is 0 Å². The Balaban J connectivity index is 2.13. The van der Waals surface area contributed by atoms with Crippen LogP contribution in [0.25, 0.3) is 0 Å². The summed E-state index contributed by atoms with van der Waals surface area (Å²) in [7, 11) is -3.28. The number of anilines is 2. The molecule has 1 aliphatic rings. The third-order valence-corrected chi connectivity index (χ3v) is 5.81. The highest BCUT2D eigenvalue weighted by molar-refractivity contribution is 9.10. The van der Waals surface area contributed by atoms with Gasteiger partial charge in [-0.25, -0.2) is 8.42 Å². The molecule has 2 rings (SSSR count). The topological polar surface area (TPSA) is 72.2 Å². The third-order valence-electron chi connectivity index (χ3n) is 3.25. The molecule has 0 unspecified atom stereocenters. The lowest BCUT2D eigenvalue weighted by Gasteiger charge is -2.22. The van der Waals surface area contributed by atoms with Crippen LogP contribution in [-0.2, 0) is 10.0 Å². The Labute approximate surface area is 116 Å². The molecule has 0 bridgehead atoms. The SMILES string of the molecule is Nc1ccc(NS(=O)(=O)C2CCCCC2)cc1Br. The minimum Gasteiger partial charge on any atom is -0.398 e. The summed E-state index contributed by atoms with van der Waals surface area (Å²) >= 11 is 3.29. The second-order valence-corrected chi connectivity index (χ2v) is 7.46. The van der Waals surface area contributed by atoms with Crippen LogP contribution in [-0.4, -0.2) is 13.7 Å². The van der Waals surface area contributed by atoms with E-state index < -0.39 is 10.0 Å². The Hall–Kier alpha value is -0.750. The van der Waals surface area contributed by atoms with E-state index >= 15 is 0 Å². The van der Waals surface area contributed by atoms with Gasteiger partial charge in [0, 0.05) is 15.8 Å². The van der Waals surface area contributed by atoms with Crippen molar-refractivity contribution in [1.82, 2.24) is 0 Å². The molecule has 1 aromatic carbocycles. The Kier molecular flexibility index (Phi) is 4.17. The molecule has 1 aromatic rings. The smallest absolute Gasteiger partial charge is 0.235 e. The zero-order valence-corrected chi connectivity index (χ0v) is 12.4. The molecule has 0 heterocycles. The van der Waals surface area contributed by atoms with E-state index in [1.165, 1.54) is 0 Å². The highest BCUT2D eigenvalue weighted by atomic mass is 79.9. The number of benzene rings is 1. The predicted octanol–water partition coefficient (Wildman–Crippen LogP) is 3.11. The Morgan fingerprint density at radius 2 is 1.89 bits per heavy atom. The standard InChI is InChI=1S/C12H17BrN2O2S/c13-11-8-9(6-7-12(11)14)15-18(16,17)10-4-2-1-3-5-10/h6-8,10,15H,1-5,14H2. The molecule has 100 valence electrons. The lowest BCUT2D eigenvalue weighted by Crippen LogP contribution is -2.29. The second-order valence-electron chi connectivity index (χ2n) is 4.64. The molecule has 6 heteroatoms. The first-order valence-electron chi connectivity index (χ1n) is 6.06. The van der Waals surface area contributed by atoms with Crippen LogP contribution in [0.2, 0.25) is 0 Å². The van der Waals surface area contributed by atoms with Gasteiger partial charge >= 0.3 is 0 Å². The van der Waals surface area contributed by atoms with Crippen LogP contribution in [0, 0.1) is 0 Å². The molecule has 1 fully saturated rings.